The summed E-state index contributed by atoms with van der Waals surface area (Å²) in [6.45, 7) is 0. The molecule has 2 heterocycles. The molecule has 4 aromatic rings. The van der Waals surface area contributed by atoms with Crippen LogP contribution in [0.25, 0.3) is 33.2 Å². The van der Waals surface area contributed by atoms with Crippen molar-refractivity contribution in [2.75, 3.05) is 0 Å². The molecule has 4 N–H and O–H groups in total. The number of hydrogen-bond acceptors (Lipinski definition) is 2. The number of fused-ring (bicyclic) bond motifs is 2. The largest absolute Gasteiger partial charge is 0.505 e. The Labute approximate surface area is 120 Å². The van der Waals surface area contributed by atoms with Crippen molar-refractivity contribution in [2.45, 2.75) is 0 Å². The van der Waals surface area contributed by atoms with E-state index in [4.69, 9.17) is 5.57 Å². The summed E-state index contributed by atoms with van der Waals surface area (Å²) in [5.74, 6) is -0.570. The predicted octanol–water partition coefficient (Wildman–Crippen LogP) is 3.73. The summed E-state index contributed by atoms with van der Waals surface area (Å²) in [6, 6.07) is 9.42. The number of benzene rings is 2. The van der Waals surface area contributed by atoms with E-state index >= 15 is 0 Å². The van der Waals surface area contributed by atoms with Crippen molar-refractivity contribution < 1.29 is 15.8 Å². The van der Waals surface area contributed by atoms with Gasteiger partial charge in [0.15, 0.2) is 14.3 Å². The molecule has 0 aliphatic rings. The van der Waals surface area contributed by atoms with Crippen LogP contribution in [0.1, 0.15) is 2.74 Å². The molecule has 0 saturated heterocycles. The Balaban J connectivity index is 2.19. The molecular weight excluding hydrogens is 252 g/mol. The van der Waals surface area contributed by atoms with Gasteiger partial charge in [-0.1, -0.05) is 24.3 Å². The number of aromatic nitrogens is 2. The number of para-hydroxylation sites is 2. The normalized spacial score (nSPS) is 14.2. The summed E-state index contributed by atoms with van der Waals surface area (Å²) in [4.78, 5) is 1.69. The molecule has 0 fully saturated rings. The number of H-pyrrole nitrogens is 2. The van der Waals surface area contributed by atoms with Gasteiger partial charge in [-0.3, -0.25) is 0 Å². The molecule has 0 saturated carbocycles. The van der Waals surface area contributed by atoms with Crippen LogP contribution in [0.5, 0.6) is 11.5 Å². The van der Waals surface area contributed by atoms with Gasteiger partial charge in [0.25, 0.3) is 0 Å². The van der Waals surface area contributed by atoms with Crippen molar-refractivity contribution in [2.24, 2.45) is 0 Å². The van der Waals surface area contributed by atoms with Crippen molar-refractivity contribution in [1.82, 2.24) is 9.95 Å². The zero-order valence-corrected chi connectivity index (χ0v) is 10.3. The van der Waals surface area contributed by atoms with Gasteiger partial charge in [0.2, 0.25) is 0 Å². The first-order chi connectivity index (χ1) is 11.4. The van der Waals surface area contributed by atoms with E-state index in [-0.39, 0.29) is 46.0 Å². The second-order valence-corrected chi connectivity index (χ2v) is 4.48. The minimum absolute atomic E-state index is 0.0531. The van der Waals surface area contributed by atoms with Crippen molar-refractivity contribution >= 4 is 21.8 Å². The Kier molecular flexibility index (Phi) is 1.45. The Bertz CT molecular complexity index is 1040. The quantitative estimate of drug-likeness (QED) is 0.425. The van der Waals surface area contributed by atoms with Crippen LogP contribution in [0.15, 0.2) is 48.5 Å². The van der Waals surface area contributed by atoms with Crippen molar-refractivity contribution in [1.29, 1.82) is 0 Å². The smallest absolute Gasteiger partial charge is 0.167 e. The maximum absolute atomic E-state index is 10.5. The second-order valence-electron chi connectivity index (χ2n) is 4.48. The van der Waals surface area contributed by atoms with E-state index in [1.807, 2.05) is 0 Å². The molecule has 2 aromatic carbocycles. The van der Waals surface area contributed by atoms with Crippen LogP contribution in [0.2, 0.25) is 2.82 Å². The molecule has 0 bridgehead atoms. The zero-order chi connectivity index (χ0) is 17.2. The third-order valence-corrected chi connectivity index (χ3v) is 3.30. The van der Waals surface area contributed by atoms with Crippen molar-refractivity contribution in [3.63, 3.8) is 0 Å². The summed E-state index contributed by atoms with van der Waals surface area (Å²) in [7, 11) is 0. The lowest BCUT2D eigenvalue weighted by molar-refractivity contribution is 0.475. The number of hydrogen-bond donors (Lipinski definition) is 4. The summed E-state index contributed by atoms with van der Waals surface area (Å²) in [5.41, 5.74) is 0.183. The fourth-order valence-corrected chi connectivity index (χ4v) is 2.34. The number of nitrogens with one attached hydrogen (secondary N) is 2. The van der Waals surface area contributed by atoms with E-state index in [0.717, 1.165) is 9.95 Å². The first kappa shape index (κ1) is 7.65. The summed E-state index contributed by atoms with van der Waals surface area (Å²) >= 11 is 0. The molecule has 4 rings (SSSR count). The van der Waals surface area contributed by atoms with Gasteiger partial charge in [0.1, 0.15) is 11.4 Å². The lowest BCUT2D eigenvalue weighted by Crippen LogP contribution is -1.78. The van der Waals surface area contributed by atoms with Gasteiger partial charge >= 0.3 is 0 Å². The third kappa shape index (κ3) is 1.36. The Morgan fingerprint density at radius 3 is 1.65 bits per heavy atom. The zero-order valence-electron chi connectivity index (χ0n) is 14.3. The number of rotatable bonds is 1. The highest BCUT2D eigenvalue weighted by Crippen LogP contribution is 2.42. The van der Waals surface area contributed by atoms with Crippen LogP contribution in [0, 0.1) is 0 Å². The summed E-state index contributed by atoms with van der Waals surface area (Å²) in [5, 5.41) is 21.6. The average molecular weight is 268 g/mol. The SMILES string of the molecule is [2H]c1cccc2c(O)c(-c3c(O)c4cccc([2H])c4n3[2H])n([2H])c12. The Morgan fingerprint density at radius 1 is 0.800 bits per heavy atom. The molecule has 0 aliphatic heterocycles. The molecule has 2 aromatic heterocycles. The molecule has 4 nitrogen and oxygen atoms in total. The first-order valence-electron chi connectivity index (χ1n) is 7.97. The molecule has 0 radical (unpaired) electrons. The summed E-state index contributed by atoms with van der Waals surface area (Å²) < 4.78 is 32.3. The van der Waals surface area contributed by atoms with Gasteiger partial charge in [-0.05, 0) is 24.2 Å². The van der Waals surface area contributed by atoms with Crippen LogP contribution < -0.4 is 0 Å². The van der Waals surface area contributed by atoms with Gasteiger partial charge in [-0.2, -0.15) is 0 Å². The van der Waals surface area contributed by atoms with E-state index in [9.17, 15) is 10.2 Å². The van der Waals surface area contributed by atoms with Gasteiger partial charge in [-0.25, -0.2) is 0 Å². The highest BCUT2D eigenvalue weighted by Gasteiger charge is 2.18. The van der Waals surface area contributed by atoms with Gasteiger partial charge in [-0.15, -0.1) is 0 Å². The van der Waals surface area contributed by atoms with E-state index in [1.165, 1.54) is 12.1 Å². The minimum Gasteiger partial charge on any atom is -0.505 e. The maximum atomic E-state index is 10.5. The number of aromatic hydroxyl groups is 2. The third-order valence-electron chi connectivity index (χ3n) is 3.30. The lowest BCUT2D eigenvalue weighted by atomic mass is 10.2. The highest BCUT2D eigenvalue weighted by molar-refractivity contribution is 5.99. The topological polar surface area (TPSA) is 72.0 Å². The van der Waals surface area contributed by atoms with Gasteiger partial charge in [0, 0.05) is 21.8 Å². The Hall–Kier alpha value is -2.88. The molecule has 0 unspecified atom stereocenters. The molecule has 0 spiro atoms. The standard InChI is InChI=1S/C16H12N2O2/c19-15-9-5-1-3-7-11(9)17-13(15)14-16(20)10-6-2-4-8-12(10)18-14/h1-8,17-20H/i7D,8D/hD2. The highest BCUT2D eigenvalue weighted by atomic mass is 16.3. The van der Waals surface area contributed by atoms with Crippen molar-refractivity contribution in [3.05, 3.63) is 48.5 Å². The van der Waals surface area contributed by atoms with E-state index < -0.39 is 0 Å². The molecule has 0 aliphatic carbocycles. The van der Waals surface area contributed by atoms with E-state index in [1.54, 1.807) is 24.3 Å². The Morgan fingerprint density at radius 2 is 1.25 bits per heavy atom. The molecule has 0 atom stereocenters. The maximum Gasteiger partial charge on any atom is 0.167 e. The minimum atomic E-state index is -0.285. The second kappa shape index (κ2) is 3.81. The fourth-order valence-electron chi connectivity index (χ4n) is 2.34. The summed E-state index contributed by atoms with van der Waals surface area (Å²) in [6.07, 6.45) is 0. The van der Waals surface area contributed by atoms with Gasteiger partial charge < -0.3 is 20.2 Å². The molecule has 20 heavy (non-hydrogen) atoms. The lowest BCUT2D eigenvalue weighted by Gasteiger charge is -1.97. The van der Waals surface area contributed by atoms with Crippen LogP contribution >= 0.6 is 0 Å². The predicted molar refractivity (Wildman–Crippen MR) is 78.9 cm³/mol. The number of aromatic amines is 2. The van der Waals surface area contributed by atoms with Crippen LogP contribution in [-0.2, 0) is 0 Å². The van der Waals surface area contributed by atoms with Crippen LogP contribution in [0.3, 0.4) is 0 Å². The van der Waals surface area contributed by atoms with Crippen LogP contribution in [0.4, 0.5) is 0 Å². The van der Waals surface area contributed by atoms with Gasteiger partial charge in [0.05, 0.1) is 2.74 Å². The average Bonchev–Trinajstić information content (AvgIpc) is 2.94. The van der Waals surface area contributed by atoms with E-state index in [0.29, 0.717) is 10.8 Å². The molecule has 0 amide bonds. The molecule has 4 heteroatoms. The monoisotopic (exact) mass is 268 g/mol. The molecule has 98 valence electrons. The van der Waals surface area contributed by atoms with Crippen LogP contribution in [-0.4, -0.2) is 20.2 Å². The van der Waals surface area contributed by atoms with Crippen molar-refractivity contribution in [3.8, 4) is 22.9 Å². The fraction of sp³-hybridized carbons (Fsp3) is 0. The first-order valence-corrected chi connectivity index (χ1v) is 6.08. The molecular formula is C16H12N2O2. The van der Waals surface area contributed by atoms with E-state index in [2.05, 4.69) is 0 Å².